The van der Waals surface area contributed by atoms with E-state index in [2.05, 4.69) is 10.6 Å². The van der Waals surface area contributed by atoms with Crippen molar-refractivity contribution in [3.63, 3.8) is 0 Å². The van der Waals surface area contributed by atoms with E-state index in [1.165, 1.54) is 0 Å². The maximum Gasteiger partial charge on any atom is 0.224 e. The zero-order valence-corrected chi connectivity index (χ0v) is 14.9. The third-order valence-corrected chi connectivity index (χ3v) is 4.91. The minimum absolute atomic E-state index is 0.0128. The molecular formula is C19H26N4O2. The van der Waals surface area contributed by atoms with E-state index in [9.17, 15) is 9.59 Å². The second-order valence-corrected chi connectivity index (χ2v) is 6.95. The van der Waals surface area contributed by atoms with Crippen molar-refractivity contribution in [2.24, 2.45) is 25.9 Å². The van der Waals surface area contributed by atoms with Gasteiger partial charge in [0.05, 0.1) is 0 Å². The van der Waals surface area contributed by atoms with Crippen molar-refractivity contribution in [1.82, 2.24) is 19.8 Å². The number of carbonyl (C=O) groups is 2. The van der Waals surface area contributed by atoms with E-state index in [1.54, 1.807) is 0 Å². The van der Waals surface area contributed by atoms with Crippen LogP contribution < -0.4 is 10.6 Å². The van der Waals surface area contributed by atoms with Crippen LogP contribution >= 0.6 is 0 Å². The molecule has 1 aliphatic carbocycles. The van der Waals surface area contributed by atoms with Crippen molar-refractivity contribution < 1.29 is 9.59 Å². The Labute approximate surface area is 148 Å². The molecule has 1 fully saturated rings. The van der Waals surface area contributed by atoms with Crippen LogP contribution in [0.15, 0.2) is 36.9 Å². The molecule has 2 unspecified atom stereocenters. The standard InChI is InChI=1S/C19H26N4O2/c1-22-8-6-14(12-22)10-20-18(24)16-4-3-5-17(16)19(25)21-11-15-7-9-23(2)13-15/h6-9,12-13,16-17H,3-5,10-11H2,1-2H3,(H,20,24)(H,21,25). The average molecular weight is 342 g/mol. The molecule has 25 heavy (non-hydrogen) atoms. The van der Waals surface area contributed by atoms with Crippen molar-refractivity contribution in [2.45, 2.75) is 32.4 Å². The van der Waals surface area contributed by atoms with E-state index in [4.69, 9.17) is 0 Å². The molecule has 3 rings (SSSR count). The molecule has 6 heteroatoms. The number of carbonyl (C=O) groups excluding carboxylic acids is 2. The number of nitrogens with one attached hydrogen (secondary N) is 2. The Morgan fingerprint density at radius 1 is 0.920 bits per heavy atom. The van der Waals surface area contributed by atoms with Gasteiger partial charge in [-0.1, -0.05) is 6.42 Å². The number of amides is 2. The van der Waals surface area contributed by atoms with Gasteiger partial charge in [-0.3, -0.25) is 9.59 Å². The zero-order valence-electron chi connectivity index (χ0n) is 14.9. The Morgan fingerprint density at radius 2 is 1.36 bits per heavy atom. The molecule has 2 N–H and O–H groups in total. The first-order valence-corrected chi connectivity index (χ1v) is 8.80. The lowest BCUT2D eigenvalue weighted by Gasteiger charge is -2.18. The van der Waals surface area contributed by atoms with E-state index in [0.717, 1.165) is 30.4 Å². The van der Waals surface area contributed by atoms with Crippen LogP contribution in [0, 0.1) is 11.8 Å². The Kier molecular flexibility index (Phi) is 5.26. The summed E-state index contributed by atoms with van der Waals surface area (Å²) < 4.78 is 3.91. The highest BCUT2D eigenvalue weighted by Crippen LogP contribution is 2.32. The van der Waals surface area contributed by atoms with Crippen molar-refractivity contribution in [3.05, 3.63) is 48.0 Å². The topological polar surface area (TPSA) is 68.1 Å². The van der Waals surface area contributed by atoms with E-state index in [0.29, 0.717) is 13.1 Å². The molecule has 0 aliphatic heterocycles. The molecule has 2 aromatic heterocycles. The van der Waals surface area contributed by atoms with Crippen LogP contribution in [0.3, 0.4) is 0 Å². The van der Waals surface area contributed by atoms with E-state index >= 15 is 0 Å². The fourth-order valence-electron chi connectivity index (χ4n) is 3.56. The fraction of sp³-hybridized carbons (Fsp3) is 0.474. The second kappa shape index (κ2) is 7.59. The summed E-state index contributed by atoms with van der Waals surface area (Å²) in [6, 6.07) is 3.97. The SMILES string of the molecule is Cn1ccc(CNC(=O)C2CCCC2C(=O)NCc2ccn(C)c2)c1. The third kappa shape index (κ3) is 4.32. The number of nitrogens with zero attached hydrogens (tertiary/aromatic N) is 2. The average Bonchev–Trinajstić information content (AvgIpc) is 3.31. The van der Waals surface area contributed by atoms with Gasteiger partial charge in [-0.15, -0.1) is 0 Å². The van der Waals surface area contributed by atoms with Crippen LogP contribution in [0.2, 0.25) is 0 Å². The molecule has 0 aromatic carbocycles. The summed E-state index contributed by atoms with van der Waals surface area (Å²) in [5.74, 6) is -0.471. The highest BCUT2D eigenvalue weighted by Gasteiger charge is 2.37. The summed E-state index contributed by atoms with van der Waals surface area (Å²) in [6.45, 7) is 1.02. The Balaban J connectivity index is 1.51. The minimum Gasteiger partial charge on any atom is -0.357 e. The monoisotopic (exact) mass is 342 g/mol. The van der Waals surface area contributed by atoms with Gasteiger partial charge in [-0.25, -0.2) is 0 Å². The van der Waals surface area contributed by atoms with Gasteiger partial charge in [-0.2, -0.15) is 0 Å². The van der Waals surface area contributed by atoms with Gasteiger partial charge in [-0.05, 0) is 36.1 Å². The summed E-state index contributed by atoms with van der Waals surface area (Å²) >= 11 is 0. The maximum absolute atomic E-state index is 12.5. The molecule has 0 radical (unpaired) electrons. The summed E-state index contributed by atoms with van der Waals surface area (Å²) in [7, 11) is 3.91. The molecule has 0 saturated heterocycles. The summed E-state index contributed by atoms with van der Waals surface area (Å²) in [4.78, 5) is 25.0. The molecule has 1 saturated carbocycles. The lowest BCUT2D eigenvalue weighted by atomic mass is 9.94. The van der Waals surface area contributed by atoms with Crippen LogP contribution in [0.25, 0.3) is 0 Å². The summed E-state index contributed by atoms with van der Waals surface area (Å²) in [6.07, 6.45) is 10.4. The third-order valence-electron chi connectivity index (χ3n) is 4.91. The number of aromatic nitrogens is 2. The van der Waals surface area contributed by atoms with Gasteiger partial charge in [0, 0.05) is 63.8 Å². The smallest absolute Gasteiger partial charge is 0.224 e. The zero-order chi connectivity index (χ0) is 17.8. The van der Waals surface area contributed by atoms with Gasteiger partial charge in [0.25, 0.3) is 0 Å². The Hall–Kier alpha value is -2.50. The van der Waals surface area contributed by atoms with Gasteiger partial charge < -0.3 is 19.8 Å². The molecule has 134 valence electrons. The van der Waals surface area contributed by atoms with Crippen molar-refractivity contribution >= 4 is 11.8 Å². The molecule has 2 atom stereocenters. The quantitative estimate of drug-likeness (QED) is 0.839. The molecule has 2 amide bonds. The second-order valence-electron chi connectivity index (χ2n) is 6.95. The fourth-order valence-corrected chi connectivity index (χ4v) is 3.56. The summed E-state index contributed by atoms with van der Waals surface area (Å²) in [5.41, 5.74) is 2.14. The van der Waals surface area contributed by atoms with Crippen molar-refractivity contribution in [1.29, 1.82) is 0 Å². The van der Waals surface area contributed by atoms with Gasteiger partial charge >= 0.3 is 0 Å². The van der Waals surface area contributed by atoms with Crippen LogP contribution in [0.1, 0.15) is 30.4 Å². The first-order chi connectivity index (χ1) is 12.0. The Morgan fingerprint density at radius 3 is 1.72 bits per heavy atom. The lowest BCUT2D eigenvalue weighted by Crippen LogP contribution is -2.39. The maximum atomic E-state index is 12.5. The van der Waals surface area contributed by atoms with Crippen molar-refractivity contribution in [3.8, 4) is 0 Å². The molecular weight excluding hydrogens is 316 g/mol. The number of hydrogen-bond donors (Lipinski definition) is 2. The molecule has 0 bridgehead atoms. The van der Waals surface area contributed by atoms with Gasteiger partial charge in [0.15, 0.2) is 0 Å². The first-order valence-electron chi connectivity index (χ1n) is 8.80. The lowest BCUT2D eigenvalue weighted by molar-refractivity contribution is -0.133. The van der Waals surface area contributed by atoms with E-state index in [1.807, 2.05) is 60.1 Å². The summed E-state index contributed by atoms with van der Waals surface area (Å²) in [5, 5.41) is 5.96. The van der Waals surface area contributed by atoms with Crippen LogP contribution in [0.5, 0.6) is 0 Å². The predicted molar refractivity (Wildman–Crippen MR) is 95.4 cm³/mol. The highest BCUT2D eigenvalue weighted by atomic mass is 16.2. The van der Waals surface area contributed by atoms with Crippen LogP contribution in [0.4, 0.5) is 0 Å². The normalized spacial score (nSPS) is 19.8. The molecule has 2 aromatic rings. The van der Waals surface area contributed by atoms with E-state index < -0.39 is 0 Å². The van der Waals surface area contributed by atoms with Gasteiger partial charge in [0.1, 0.15) is 0 Å². The number of rotatable bonds is 6. The molecule has 6 nitrogen and oxygen atoms in total. The largest absolute Gasteiger partial charge is 0.357 e. The van der Waals surface area contributed by atoms with Gasteiger partial charge in [0.2, 0.25) is 11.8 Å². The molecule has 1 aliphatic rings. The molecule has 0 spiro atoms. The minimum atomic E-state index is -0.223. The predicted octanol–water partition coefficient (Wildman–Crippen LogP) is 1.71. The van der Waals surface area contributed by atoms with Crippen molar-refractivity contribution in [2.75, 3.05) is 0 Å². The molecule has 2 heterocycles. The van der Waals surface area contributed by atoms with E-state index in [-0.39, 0.29) is 23.7 Å². The first kappa shape index (κ1) is 17.3. The Bertz CT molecular complexity index is 684. The number of hydrogen-bond acceptors (Lipinski definition) is 2. The van der Waals surface area contributed by atoms with Crippen LogP contribution in [-0.2, 0) is 36.8 Å². The highest BCUT2D eigenvalue weighted by molar-refractivity contribution is 5.88. The number of aryl methyl sites for hydroxylation is 2. The van der Waals surface area contributed by atoms with Crippen LogP contribution in [-0.4, -0.2) is 20.9 Å².